The van der Waals surface area contributed by atoms with Crippen LogP contribution >= 0.6 is 0 Å². The van der Waals surface area contributed by atoms with Gasteiger partial charge in [0.1, 0.15) is 0 Å². The van der Waals surface area contributed by atoms with E-state index >= 15 is 0 Å². The first-order valence-corrected chi connectivity index (χ1v) is 8.38. The van der Waals surface area contributed by atoms with Crippen LogP contribution in [0.15, 0.2) is 24.3 Å². The Labute approximate surface area is 144 Å². The Hall–Kier alpha value is -2.70. The summed E-state index contributed by atoms with van der Waals surface area (Å²) in [6.45, 7) is 0. The molecule has 1 heterocycles. The molecule has 25 heavy (non-hydrogen) atoms. The number of amides is 3. The molecule has 0 radical (unpaired) electrons. The van der Waals surface area contributed by atoms with Crippen molar-refractivity contribution in [2.75, 3.05) is 0 Å². The van der Waals surface area contributed by atoms with Gasteiger partial charge in [-0.2, -0.15) is 0 Å². The number of hydrogen-bond acceptors (Lipinski definition) is 4. The third-order valence-corrected chi connectivity index (χ3v) is 4.88. The van der Waals surface area contributed by atoms with E-state index in [0.29, 0.717) is 31.2 Å². The Morgan fingerprint density at radius 1 is 1.16 bits per heavy atom. The van der Waals surface area contributed by atoms with Crippen molar-refractivity contribution in [2.24, 2.45) is 11.8 Å². The molecule has 3 N–H and O–H groups in total. The standard InChI is InChI=1S/C18H20N2O5/c21-15-9-13(17(23)20-15)7-10-1-3-11(4-2-10)16(22)19-14-6-5-12(8-14)18(24)25/h1-4,12-14H,5-9H2,(H,19,22)(H,24,25)(H,20,21,23)/t12-,13?,14+/m1/s1. The van der Waals surface area contributed by atoms with E-state index in [2.05, 4.69) is 10.6 Å². The Bertz CT molecular complexity index is 713. The topological polar surface area (TPSA) is 113 Å². The zero-order chi connectivity index (χ0) is 18.0. The van der Waals surface area contributed by atoms with E-state index in [1.165, 1.54) is 0 Å². The first-order chi connectivity index (χ1) is 11.9. The zero-order valence-electron chi connectivity index (χ0n) is 13.7. The molecule has 1 aromatic carbocycles. The van der Waals surface area contributed by atoms with Crippen LogP contribution in [0.1, 0.15) is 41.6 Å². The molecule has 3 atom stereocenters. The number of benzene rings is 1. The second-order valence-corrected chi connectivity index (χ2v) is 6.73. The van der Waals surface area contributed by atoms with Gasteiger partial charge >= 0.3 is 5.97 Å². The second-order valence-electron chi connectivity index (χ2n) is 6.73. The summed E-state index contributed by atoms with van der Waals surface area (Å²) in [6.07, 6.45) is 2.38. The zero-order valence-corrected chi connectivity index (χ0v) is 13.7. The summed E-state index contributed by atoms with van der Waals surface area (Å²) in [5.74, 6) is -2.26. The molecular formula is C18H20N2O5. The van der Waals surface area contributed by atoms with Crippen molar-refractivity contribution >= 4 is 23.7 Å². The molecule has 2 fully saturated rings. The summed E-state index contributed by atoms with van der Waals surface area (Å²) in [5, 5.41) is 14.2. The molecule has 0 bridgehead atoms. The number of nitrogens with one attached hydrogen (secondary N) is 2. The Balaban J connectivity index is 1.55. The van der Waals surface area contributed by atoms with Gasteiger partial charge in [0.25, 0.3) is 5.91 Å². The lowest BCUT2D eigenvalue weighted by molar-refractivity contribution is -0.141. The molecule has 7 heteroatoms. The quantitative estimate of drug-likeness (QED) is 0.686. The molecule has 1 aromatic rings. The molecule has 3 amide bonds. The van der Waals surface area contributed by atoms with Crippen LogP contribution in [-0.4, -0.2) is 34.8 Å². The van der Waals surface area contributed by atoms with Gasteiger partial charge in [-0.1, -0.05) is 12.1 Å². The number of carbonyl (C=O) groups excluding carboxylic acids is 3. The summed E-state index contributed by atoms with van der Waals surface area (Å²) in [6, 6.07) is 6.81. The lowest BCUT2D eigenvalue weighted by Gasteiger charge is -2.13. The molecule has 0 spiro atoms. The number of rotatable bonds is 5. The van der Waals surface area contributed by atoms with Gasteiger partial charge in [-0.3, -0.25) is 24.5 Å². The highest BCUT2D eigenvalue weighted by Crippen LogP contribution is 2.26. The molecule has 1 unspecified atom stereocenters. The molecule has 1 saturated heterocycles. The van der Waals surface area contributed by atoms with Crippen molar-refractivity contribution in [3.8, 4) is 0 Å². The van der Waals surface area contributed by atoms with E-state index < -0.39 is 5.97 Å². The van der Waals surface area contributed by atoms with E-state index in [0.717, 1.165) is 5.56 Å². The predicted molar refractivity (Wildman–Crippen MR) is 87.6 cm³/mol. The maximum atomic E-state index is 12.3. The fraction of sp³-hybridized carbons (Fsp3) is 0.444. The van der Waals surface area contributed by atoms with Crippen LogP contribution in [-0.2, 0) is 20.8 Å². The van der Waals surface area contributed by atoms with Gasteiger partial charge in [-0.15, -0.1) is 0 Å². The molecule has 2 aliphatic rings. The average Bonchev–Trinajstić information content (AvgIpc) is 3.15. The fourth-order valence-corrected chi connectivity index (χ4v) is 3.45. The third kappa shape index (κ3) is 4.04. The van der Waals surface area contributed by atoms with Gasteiger partial charge in [0.15, 0.2) is 0 Å². The first kappa shape index (κ1) is 17.1. The van der Waals surface area contributed by atoms with Crippen molar-refractivity contribution in [3.05, 3.63) is 35.4 Å². The van der Waals surface area contributed by atoms with Crippen LogP contribution in [0.25, 0.3) is 0 Å². The van der Waals surface area contributed by atoms with Crippen molar-refractivity contribution in [1.29, 1.82) is 0 Å². The smallest absolute Gasteiger partial charge is 0.306 e. The molecule has 1 aliphatic heterocycles. The minimum atomic E-state index is -0.810. The van der Waals surface area contributed by atoms with Gasteiger partial charge in [0, 0.05) is 18.0 Å². The van der Waals surface area contributed by atoms with E-state index in [4.69, 9.17) is 5.11 Å². The number of hydrogen-bond donors (Lipinski definition) is 3. The van der Waals surface area contributed by atoms with Crippen LogP contribution in [0.4, 0.5) is 0 Å². The van der Waals surface area contributed by atoms with E-state index in [1.807, 2.05) is 0 Å². The lowest BCUT2D eigenvalue weighted by atomic mass is 9.97. The van der Waals surface area contributed by atoms with Crippen LogP contribution in [0.5, 0.6) is 0 Å². The molecule has 3 rings (SSSR count). The largest absolute Gasteiger partial charge is 0.481 e. The fourth-order valence-electron chi connectivity index (χ4n) is 3.45. The molecule has 7 nitrogen and oxygen atoms in total. The number of imide groups is 1. The summed E-state index contributed by atoms with van der Waals surface area (Å²) in [4.78, 5) is 46.0. The van der Waals surface area contributed by atoms with Gasteiger partial charge in [0.2, 0.25) is 11.8 Å². The minimum Gasteiger partial charge on any atom is -0.481 e. The van der Waals surface area contributed by atoms with E-state index in [1.54, 1.807) is 24.3 Å². The molecule has 0 aromatic heterocycles. The first-order valence-electron chi connectivity index (χ1n) is 8.38. The number of aliphatic carboxylic acids is 1. The molecule has 1 aliphatic carbocycles. The van der Waals surface area contributed by atoms with Crippen LogP contribution in [0.2, 0.25) is 0 Å². The lowest BCUT2D eigenvalue weighted by Crippen LogP contribution is -2.33. The number of carboxylic acids is 1. The third-order valence-electron chi connectivity index (χ3n) is 4.88. The van der Waals surface area contributed by atoms with Crippen LogP contribution < -0.4 is 10.6 Å². The van der Waals surface area contributed by atoms with Crippen molar-refractivity contribution < 1.29 is 24.3 Å². The summed E-state index contributed by atoms with van der Waals surface area (Å²) < 4.78 is 0. The molecular weight excluding hydrogens is 324 g/mol. The summed E-state index contributed by atoms with van der Waals surface area (Å²) in [5.41, 5.74) is 1.38. The van der Waals surface area contributed by atoms with E-state index in [-0.39, 0.29) is 42.0 Å². The Morgan fingerprint density at radius 3 is 2.44 bits per heavy atom. The Morgan fingerprint density at radius 2 is 1.88 bits per heavy atom. The van der Waals surface area contributed by atoms with Crippen LogP contribution in [0, 0.1) is 11.8 Å². The predicted octanol–water partition coefficient (Wildman–Crippen LogP) is 0.875. The highest BCUT2D eigenvalue weighted by Gasteiger charge is 2.31. The highest BCUT2D eigenvalue weighted by molar-refractivity contribution is 6.03. The SMILES string of the molecule is O=C1CC(Cc2ccc(C(=O)N[C@H]3CC[C@@H](C(=O)O)C3)cc2)C(=O)N1. The van der Waals surface area contributed by atoms with Gasteiger partial charge in [-0.05, 0) is 43.4 Å². The van der Waals surface area contributed by atoms with E-state index in [9.17, 15) is 19.2 Å². The Kier molecular flexibility index (Phi) is 4.83. The number of carbonyl (C=O) groups is 4. The molecule has 1 saturated carbocycles. The average molecular weight is 344 g/mol. The maximum absolute atomic E-state index is 12.3. The summed E-state index contributed by atoms with van der Waals surface area (Å²) in [7, 11) is 0. The normalized spacial score (nSPS) is 25.7. The van der Waals surface area contributed by atoms with Gasteiger partial charge < -0.3 is 10.4 Å². The maximum Gasteiger partial charge on any atom is 0.306 e. The summed E-state index contributed by atoms with van der Waals surface area (Å²) >= 11 is 0. The highest BCUT2D eigenvalue weighted by atomic mass is 16.4. The molecule has 132 valence electrons. The second kappa shape index (κ2) is 7.04. The van der Waals surface area contributed by atoms with Gasteiger partial charge in [0.05, 0.1) is 11.8 Å². The monoisotopic (exact) mass is 344 g/mol. The number of carboxylic acid groups (broad SMARTS) is 1. The van der Waals surface area contributed by atoms with Crippen molar-refractivity contribution in [1.82, 2.24) is 10.6 Å². The van der Waals surface area contributed by atoms with Crippen molar-refractivity contribution in [3.63, 3.8) is 0 Å². The van der Waals surface area contributed by atoms with Crippen molar-refractivity contribution in [2.45, 2.75) is 38.1 Å². The van der Waals surface area contributed by atoms with Crippen LogP contribution in [0.3, 0.4) is 0 Å². The van der Waals surface area contributed by atoms with Gasteiger partial charge in [-0.25, -0.2) is 0 Å². The minimum absolute atomic E-state index is 0.110.